The molecule has 6 nitrogen and oxygen atoms in total. The molecule has 0 heterocycles. The van der Waals surface area contributed by atoms with Crippen molar-refractivity contribution in [2.45, 2.75) is 13.0 Å². The minimum atomic E-state index is -3.64. The lowest BCUT2D eigenvalue weighted by Gasteiger charge is -2.14. The van der Waals surface area contributed by atoms with Crippen molar-refractivity contribution < 1.29 is 22.1 Å². The summed E-state index contributed by atoms with van der Waals surface area (Å²) in [4.78, 5) is 11.9. The molecule has 1 atom stereocenters. The normalized spacial score (nSPS) is 12.6. The Kier molecular flexibility index (Phi) is 5.29. The number of hydrogen-bond donors (Lipinski definition) is 1. The fourth-order valence-electron chi connectivity index (χ4n) is 1.39. The van der Waals surface area contributed by atoms with E-state index in [1.54, 1.807) is 31.4 Å². The Morgan fingerprint density at radius 1 is 1.30 bits per heavy atom. The minimum Gasteiger partial charge on any atom is -0.497 e. The molecule has 0 aliphatic carbocycles. The van der Waals surface area contributed by atoms with Crippen LogP contribution in [0.3, 0.4) is 0 Å². The van der Waals surface area contributed by atoms with Crippen LogP contribution in [-0.4, -0.2) is 33.8 Å². The summed E-state index contributed by atoms with van der Waals surface area (Å²) in [6.07, 6.45) is -0.0127. The Labute approximate surface area is 118 Å². The number of rotatable bonds is 6. The second-order valence-electron chi connectivity index (χ2n) is 4.15. The second-order valence-corrected chi connectivity index (χ2v) is 5.75. The van der Waals surface area contributed by atoms with Crippen LogP contribution in [-0.2, 0) is 19.1 Å². The highest BCUT2D eigenvalue weighted by molar-refractivity contribution is 7.86. The van der Waals surface area contributed by atoms with E-state index in [2.05, 4.69) is 16.1 Å². The molecule has 0 bridgehead atoms. The van der Waals surface area contributed by atoms with Crippen molar-refractivity contribution in [1.82, 2.24) is 0 Å². The van der Waals surface area contributed by atoms with E-state index in [9.17, 15) is 13.2 Å². The lowest BCUT2D eigenvalue weighted by Crippen LogP contribution is -2.25. The fourth-order valence-corrected chi connectivity index (χ4v) is 2.03. The van der Waals surface area contributed by atoms with E-state index in [-0.39, 0.29) is 5.57 Å². The van der Waals surface area contributed by atoms with Gasteiger partial charge in [-0.3, -0.25) is 8.98 Å². The van der Waals surface area contributed by atoms with Crippen molar-refractivity contribution >= 4 is 21.7 Å². The first-order valence-corrected chi connectivity index (χ1v) is 7.57. The smallest absolute Gasteiger partial charge is 0.264 e. The molecule has 0 aliphatic heterocycles. The molecule has 20 heavy (non-hydrogen) atoms. The van der Waals surface area contributed by atoms with E-state index >= 15 is 0 Å². The van der Waals surface area contributed by atoms with E-state index in [0.717, 1.165) is 6.26 Å². The zero-order chi connectivity index (χ0) is 15.3. The van der Waals surface area contributed by atoms with Gasteiger partial charge in [0.2, 0.25) is 0 Å². The Hall–Kier alpha value is -1.86. The van der Waals surface area contributed by atoms with Crippen LogP contribution in [0.5, 0.6) is 5.75 Å². The highest BCUT2D eigenvalue weighted by atomic mass is 32.2. The summed E-state index contributed by atoms with van der Waals surface area (Å²) in [6.45, 7) is 4.98. The SMILES string of the molecule is C=C(C(=O)Nc1ccc(OC)cc1)C(C)OS(C)(=O)=O. The molecule has 0 aromatic heterocycles. The van der Waals surface area contributed by atoms with E-state index in [0.29, 0.717) is 11.4 Å². The van der Waals surface area contributed by atoms with Crippen molar-refractivity contribution in [1.29, 1.82) is 0 Å². The van der Waals surface area contributed by atoms with Crippen molar-refractivity contribution in [3.63, 3.8) is 0 Å². The molecular formula is C13H17NO5S. The van der Waals surface area contributed by atoms with Gasteiger partial charge < -0.3 is 10.1 Å². The number of benzene rings is 1. The average Bonchev–Trinajstić information content (AvgIpc) is 2.36. The number of carbonyl (C=O) groups is 1. The molecule has 0 fully saturated rings. The van der Waals surface area contributed by atoms with Gasteiger partial charge in [-0.25, -0.2) is 0 Å². The summed E-state index contributed by atoms with van der Waals surface area (Å²) < 4.78 is 31.7. The van der Waals surface area contributed by atoms with Crippen LogP contribution in [0.1, 0.15) is 6.92 Å². The summed E-state index contributed by atoms with van der Waals surface area (Å²) >= 11 is 0. The molecule has 1 rings (SSSR count). The van der Waals surface area contributed by atoms with Gasteiger partial charge in [0.1, 0.15) is 11.9 Å². The molecule has 7 heteroatoms. The van der Waals surface area contributed by atoms with Gasteiger partial charge in [-0.05, 0) is 31.2 Å². The first kappa shape index (κ1) is 16.2. The summed E-state index contributed by atoms with van der Waals surface area (Å²) in [6, 6.07) is 6.70. The molecule has 1 amide bonds. The Balaban J connectivity index is 2.67. The van der Waals surface area contributed by atoms with E-state index in [4.69, 9.17) is 4.74 Å². The Morgan fingerprint density at radius 2 is 1.85 bits per heavy atom. The molecule has 1 aromatic carbocycles. The molecule has 1 unspecified atom stereocenters. The fraction of sp³-hybridized carbons (Fsp3) is 0.308. The average molecular weight is 299 g/mol. The number of methoxy groups -OCH3 is 1. The van der Waals surface area contributed by atoms with Crippen LogP contribution < -0.4 is 10.1 Å². The van der Waals surface area contributed by atoms with E-state index in [1.165, 1.54) is 6.92 Å². The standard InChI is InChI=1S/C13H17NO5S/c1-9(10(2)19-20(4,16)17)13(15)14-11-5-7-12(18-3)8-6-11/h5-8,10H,1H2,2-4H3,(H,14,15). The maximum Gasteiger partial charge on any atom is 0.264 e. The number of amides is 1. The summed E-state index contributed by atoms with van der Waals surface area (Å²) in [7, 11) is -2.10. The predicted molar refractivity (Wildman–Crippen MR) is 76.2 cm³/mol. The van der Waals surface area contributed by atoms with Crippen LogP contribution in [0.4, 0.5) is 5.69 Å². The number of nitrogens with one attached hydrogen (secondary N) is 1. The van der Waals surface area contributed by atoms with Crippen LogP contribution in [0.2, 0.25) is 0 Å². The highest BCUT2D eigenvalue weighted by Crippen LogP contribution is 2.16. The van der Waals surface area contributed by atoms with Gasteiger partial charge in [0, 0.05) is 11.3 Å². The largest absolute Gasteiger partial charge is 0.497 e. The Bertz CT molecular complexity index is 592. The molecule has 1 aromatic rings. The van der Waals surface area contributed by atoms with Crippen molar-refractivity contribution in [2.75, 3.05) is 18.7 Å². The maximum atomic E-state index is 11.9. The van der Waals surface area contributed by atoms with E-state index in [1.807, 2.05) is 0 Å². The summed E-state index contributed by atoms with van der Waals surface area (Å²) in [5.74, 6) is 0.155. The molecule has 0 saturated carbocycles. The summed E-state index contributed by atoms with van der Waals surface area (Å²) in [5.41, 5.74) is 0.565. The zero-order valence-corrected chi connectivity index (χ0v) is 12.4. The first-order chi connectivity index (χ1) is 9.23. The third kappa shape index (κ3) is 5.02. The molecular weight excluding hydrogens is 282 g/mol. The van der Waals surface area contributed by atoms with Crippen LogP contribution in [0.15, 0.2) is 36.4 Å². The van der Waals surface area contributed by atoms with E-state index < -0.39 is 22.1 Å². The number of ether oxygens (including phenoxy) is 1. The summed E-state index contributed by atoms with van der Waals surface area (Å²) in [5, 5.41) is 2.59. The molecule has 1 N–H and O–H groups in total. The topological polar surface area (TPSA) is 81.7 Å². The van der Waals surface area contributed by atoms with Gasteiger partial charge in [-0.2, -0.15) is 8.42 Å². The van der Waals surface area contributed by atoms with Gasteiger partial charge in [0.25, 0.3) is 16.0 Å². The maximum absolute atomic E-state index is 11.9. The van der Waals surface area contributed by atoms with Gasteiger partial charge in [-0.1, -0.05) is 6.58 Å². The monoisotopic (exact) mass is 299 g/mol. The Morgan fingerprint density at radius 3 is 2.30 bits per heavy atom. The molecule has 0 saturated heterocycles. The third-order valence-electron chi connectivity index (χ3n) is 2.45. The van der Waals surface area contributed by atoms with Crippen LogP contribution in [0.25, 0.3) is 0 Å². The van der Waals surface area contributed by atoms with Crippen molar-refractivity contribution in [3.8, 4) is 5.75 Å². The molecule has 0 aliphatic rings. The molecule has 110 valence electrons. The van der Waals surface area contributed by atoms with Gasteiger partial charge in [0.05, 0.1) is 13.4 Å². The minimum absolute atomic E-state index is 0.0197. The zero-order valence-electron chi connectivity index (χ0n) is 11.5. The van der Waals surface area contributed by atoms with Gasteiger partial charge in [0.15, 0.2) is 0 Å². The first-order valence-electron chi connectivity index (χ1n) is 5.75. The number of anilines is 1. The molecule has 0 spiro atoms. The predicted octanol–water partition coefficient (Wildman–Crippen LogP) is 1.55. The number of hydrogen-bond acceptors (Lipinski definition) is 5. The second kappa shape index (κ2) is 6.53. The van der Waals surface area contributed by atoms with Crippen LogP contribution >= 0.6 is 0 Å². The number of carbonyl (C=O) groups excluding carboxylic acids is 1. The van der Waals surface area contributed by atoms with Gasteiger partial charge >= 0.3 is 0 Å². The highest BCUT2D eigenvalue weighted by Gasteiger charge is 2.19. The van der Waals surface area contributed by atoms with Crippen molar-refractivity contribution in [3.05, 3.63) is 36.4 Å². The van der Waals surface area contributed by atoms with Crippen LogP contribution in [0, 0.1) is 0 Å². The quantitative estimate of drug-likeness (QED) is 0.636. The molecule has 0 radical (unpaired) electrons. The third-order valence-corrected chi connectivity index (χ3v) is 3.09. The lowest BCUT2D eigenvalue weighted by molar-refractivity contribution is -0.113. The van der Waals surface area contributed by atoms with Gasteiger partial charge in [-0.15, -0.1) is 0 Å². The lowest BCUT2D eigenvalue weighted by atomic mass is 10.2. The van der Waals surface area contributed by atoms with Crippen molar-refractivity contribution in [2.24, 2.45) is 0 Å².